The fourth-order valence-electron chi connectivity index (χ4n) is 1.10. The Morgan fingerprint density at radius 3 is 2.85 bits per heavy atom. The van der Waals surface area contributed by atoms with Crippen molar-refractivity contribution >= 4 is 11.3 Å². The van der Waals surface area contributed by atoms with Crippen molar-refractivity contribution in [3.05, 3.63) is 34.9 Å². The van der Waals surface area contributed by atoms with Crippen molar-refractivity contribution in [1.82, 2.24) is 4.98 Å². The maximum atomic E-state index is 13.2. The van der Waals surface area contributed by atoms with E-state index in [1.54, 1.807) is 10.9 Å². The Balaban J connectivity index is 2.64. The number of phenols is 1. The van der Waals surface area contributed by atoms with Gasteiger partial charge in [-0.2, -0.15) is 0 Å². The molecule has 0 aliphatic heterocycles. The average molecular weight is 195 g/mol. The van der Waals surface area contributed by atoms with Crippen LogP contribution in [0.15, 0.2) is 29.1 Å². The minimum atomic E-state index is -0.453. The molecule has 0 saturated heterocycles. The minimum Gasteiger partial charge on any atom is -0.507 e. The third-order valence-corrected chi connectivity index (χ3v) is 2.27. The summed E-state index contributed by atoms with van der Waals surface area (Å²) in [6.07, 6.45) is 0. The van der Waals surface area contributed by atoms with E-state index in [4.69, 9.17) is 0 Å². The van der Waals surface area contributed by atoms with Crippen LogP contribution < -0.4 is 0 Å². The van der Waals surface area contributed by atoms with Gasteiger partial charge in [0.15, 0.2) is 0 Å². The van der Waals surface area contributed by atoms with Gasteiger partial charge in [-0.05, 0) is 12.1 Å². The third kappa shape index (κ3) is 1.40. The molecule has 1 aromatic carbocycles. The van der Waals surface area contributed by atoms with E-state index in [2.05, 4.69) is 4.98 Å². The second-order valence-electron chi connectivity index (χ2n) is 2.51. The van der Waals surface area contributed by atoms with E-state index in [1.165, 1.54) is 29.5 Å². The first kappa shape index (κ1) is 8.19. The standard InChI is InChI=1S/C9H6FNOS/c10-6-2-1-3-8(12)9(6)7-4-13-5-11-7/h1-5,12H. The molecule has 0 amide bonds. The molecule has 2 aromatic rings. The van der Waals surface area contributed by atoms with Crippen LogP contribution in [-0.4, -0.2) is 10.1 Å². The molecule has 1 aromatic heterocycles. The number of aromatic hydroxyl groups is 1. The van der Waals surface area contributed by atoms with Gasteiger partial charge in [0.2, 0.25) is 0 Å². The van der Waals surface area contributed by atoms with Gasteiger partial charge in [-0.1, -0.05) is 6.07 Å². The van der Waals surface area contributed by atoms with E-state index in [0.717, 1.165) is 0 Å². The summed E-state index contributed by atoms with van der Waals surface area (Å²) in [6, 6.07) is 4.20. The van der Waals surface area contributed by atoms with Gasteiger partial charge in [0.05, 0.1) is 16.8 Å². The molecule has 0 spiro atoms. The molecule has 13 heavy (non-hydrogen) atoms. The lowest BCUT2D eigenvalue weighted by atomic mass is 10.1. The number of nitrogens with zero attached hydrogens (tertiary/aromatic N) is 1. The summed E-state index contributed by atoms with van der Waals surface area (Å²) in [7, 11) is 0. The van der Waals surface area contributed by atoms with E-state index in [9.17, 15) is 9.50 Å². The van der Waals surface area contributed by atoms with Crippen molar-refractivity contribution in [2.45, 2.75) is 0 Å². The molecular weight excluding hydrogens is 189 g/mol. The normalized spacial score (nSPS) is 10.2. The summed E-state index contributed by atoms with van der Waals surface area (Å²) in [5, 5.41) is 11.1. The molecule has 2 nitrogen and oxygen atoms in total. The van der Waals surface area contributed by atoms with E-state index < -0.39 is 5.82 Å². The van der Waals surface area contributed by atoms with Gasteiger partial charge in [0.1, 0.15) is 11.6 Å². The summed E-state index contributed by atoms with van der Waals surface area (Å²) < 4.78 is 13.2. The molecule has 0 bridgehead atoms. The van der Waals surface area contributed by atoms with Crippen molar-refractivity contribution in [3.8, 4) is 17.0 Å². The first-order valence-corrected chi connectivity index (χ1v) is 4.59. The highest BCUT2D eigenvalue weighted by Gasteiger charge is 2.10. The molecule has 4 heteroatoms. The summed E-state index contributed by atoms with van der Waals surface area (Å²) in [4.78, 5) is 3.93. The highest BCUT2D eigenvalue weighted by molar-refractivity contribution is 7.07. The van der Waals surface area contributed by atoms with Crippen molar-refractivity contribution in [2.75, 3.05) is 0 Å². The topological polar surface area (TPSA) is 33.1 Å². The summed E-state index contributed by atoms with van der Waals surface area (Å²) in [5.41, 5.74) is 2.24. The number of hydrogen-bond donors (Lipinski definition) is 1. The van der Waals surface area contributed by atoms with Gasteiger partial charge in [-0.3, -0.25) is 0 Å². The van der Waals surface area contributed by atoms with Gasteiger partial charge in [-0.25, -0.2) is 9.37 Å². The quantitative estimate of drug-likeness (QED) is 0.758. The van der Waals surface area contributed by atoms with E-state index >= 15 is 0 Å². The lowest BCUT2D eigenvalue weighted by molar-refractivity contribution is 0.472. The van der Waals surface area contributed by atoms with Crippen LogP contribution in [0, 0.1) is 5.82 Å². The van der Waals surface area contributed by atoms with Crippen molar-refractivity contribution < 1.29 is 9.50 Å². The predicted molar refractivity (Wildman–Crippen MR) is 49.2 cm³/mol. The van der Waals surface area contributed by atoms with Crippen LogP contribution in [-0.2, 0) is 0 Å². The predicted octanol–water partition coefficient (Wildman–Crippen LogP) is 2.65. The molecule has 1 heterocycles. The molecule has 66 valence electrons. The zero-order valence-electron chi connectivity index (χ0n) is 6.57. The SMILES string of the molecule is Oc1cccc(F)c1-c1cscn1. The van der Waals surface area contributed by atoms with Gasteiger partial charge in [0, 0.05) is 5.38 Å². The van der Waals surface area contributed by atoms with Crippen molar-refractivity contribution in [2.24, 2.45) is 0 Å². The van der Waals surface area contributed by atoms with Crippen LogP contribution >= 0.6 is 11.3 Å². The molecule has 0 aliphatic rings. The van der Waals surface area contributed by atoms with Crippen LogP contribution in [0.5, 0.6) is 5.75 Å². The van der Waals surface area contributed by atoms with Gasteiger partial charge in [0.25, 0.3) is 0 Å². The van der Waals surface area contributed by atoms with E-state index in [0.29, 0.717) is 5.69 Å². The fourth-order valence-corrected chi connectivity index (χ4v) is 1.65. The second kappa shape index (κ2) is 3.14. The average Bonchev–Trinajstić information content (AvgIpc) is 2.57. The molecule has 0 fully saturated rings. The maximum Gasteiger partial charge on any atom is 0.136 e. The van der Waals surface area contributed by atoms with E-state index in [-0.39, 0.29) is 11.3 Å². The Morgan fingerprint density at radius 1 is 1.38 bits per heavy atom. The zero-order valence-corrected chi connectivity index (χ0v) is 7.38. The number of aromatic nitrogens is 1. The first-order valence-electron chi connectivity index (χ1n) is 3.65. The number of phenolic OH excluding ortho intramolecular Hbond substituents is 1. The number of thiazole rings is 1. The van der Waals surface area contributed by atoms with Crippen LogP contribution in [0.2, 0.25) is 0 Å². The molecule has 0 radical (unpaired) electrons. The maximum absolute atomic E-state index is 13.2. The van der Waals surface area contributed by atoms with Crippen molar-refractivity contribution in [1.29, 1.82) is 0 Å². The van der Waals surface area contributed by atoms with Crippen LogP contribution in [0.1, 0.15) is 0 Å². The van der Waals surface area contributed by atoms with Gasteiger partial charge < -0.3 is 5.11 Å². The number of benzene rings is 1. The Hall–Kier alpha value is -1.42. The fraction of sp³-hybridized carbons (Fsp3) is 0. The molecule has 0 saturated carbocycles. The number of halogens is 1. The Labute approximate surface area is 78.3 Å². The summed E-state index contributed by atoms with van der Waals surface area (Å²) in [6.45, 7) is 0. The highest BCUT2D eigenvalue weighted by Crippen LogP contribution is 2.30. The first-order chi connectivity index (χ1) is 6.29. The van der Waals surface area contributed by atoms with Crippen LogP contribution in [0.25, 0.3) is 11.3 Å². The zero-order chi connectivity index (χ0) is 9.26. The number of rotatable bonds is 1. The third-order valence-electron chi connectivity index (χ3n) is 1.68. The number of hydrogen-bond acceptors (Lipinski definition) is 3. The van der Waals surface area contributed by atoms with Crippen molar-refractivity contribution in [3.63, 3.8) is 0 Å². The van der Waals surface area contributed by atoms with E-state index in [1.807, 2.05) is 0 Å². The minimum absolute atomic E-state index is 0.0779. The molecule has 0 aliphatic carbocycles. The Bertz CT molecular complexity index is 393. The highest BCUT2D eigenvalue weighted by atomic mass is 32.1. The largest absolute Gasteiger partial charge is 0.507 e. The Morgan fingerprint density at radius 2 is 2.23 bits per heavy atom. The lowest BCUT2D eigenvalue weighted by Crippen LogP contribution is -1.84. The summed E-state index contributed by atoms with van der Waals surface area (Å²) in [5.74, 6) is -0.531. The lowest BCUT2D eigenvalue weighted by Gasteiger charge is -2.01. The van der Waals surface area contributed by atoms with Crippen LogP contribution in [0.4, 0.5) is 4.39 Å². The molecule has 2 rings (SSSR count). The van der Waals surface area contributed by atoms with Gasteiger partial charge in [-0.15, -0.1) is 11.3 Å². The second-order valence-corrected chi connectivity index (χ2v) is 3.23. The van der Waals surface area contributed by atoms with Gasteiger partial charge >= 0.3 is 0 Å². The Kier molecular flexibility index (Phi) is 1.98. The smallest absolute Gasteiger partial charge is 0.136 e. The molecular formula is C9H6FNOS. The van der Waals surface area contributed by atoms with Crippen LogP contribution in [0.3, 0.4) is 0 Å². The molecule has 0 atom stereocenters. The molecule has 1 N–H and O–H groups in total. The summed E-state index contributed by atoms with van der Waals surface area (Å²) >= 11 is 1.36. The molecule has 0 unspecified atom stereocenters. The monoisotopic (exact) mass is 195 g/mol.